The van der Waals surface area contributed by atoms with Gasteiger partial charge in [0.2, 0.25) is 0 Å². The smallest absolute Gasteiger partial charge is 0.300 e. The molecule has 0 saturated heterocycles. The van der Waals surface area contributed by atoms with E-state index < -0.39 is 11.6 Å². The average Bonchev–Trinajstić information content (AvgIpc) is 2.27. The molecule has 0 radical (unpaired) electrons. The number of aliphatic carboxylic acids is 1. The van der Waals surface area contributed by atoms with E-state index in [1.165, 1.54) is 11.1 Å². The van der Waals surface area contributed by atoms with Crippen molar-refractivity contribution in [2.45, 2.75) is 65.9 Å². The summed E-state index contributed by atoms with van der Waals surface area (Å²) in [7, 11) is 0. The van der Waals surface area contributed by atoms with E-state index in [0.717, 1.165) is 26.2 Å². The third kappa shape index (κ3) is 18.8. The summed E-state index contributed by atoms with van der Waals surface area (Å²) in [5.41, 5.74) is 1.77. The van der Waals surface area contributed by atoms with E-state index >= 15 is 0 Å². The molecular formula is C17H28O3. The molecule has 0 aromatic heterocycles. The van der Waals surface area contributed by atoms with Crippen LogP contribution < -0.4 is 0 Å². The van der Waals surface area contributed by atoms with Crippen LogP contribution in [0.4, 0.5) is 0 Å². The van der Waals surface area contributed by atoms with Gasteiger partial charge in [0.1, 0.15) is 5.60 Å². The van der Waals surface area contributed by atoms with Gasteiger partial charge in [0.05, 0.1) is 0 Å². The summed E-state index contributed by atoms with van der Waals surface area (Å²) < 4.78 is 0. The van der Waals surface area contributed by atoms with Crippen molar-refractivity contribution in [3.05, 3.63) is 23.3 Å². The summed E-state index contributed by atoms with van der Waals surface area (Å²) in [5, 5.41) is 17.0. The Labute approximate surface area is 123 Å². The molecular weight excluding hydrogens is 252 g/mol. The van der Waals surface area contributed by atoms with Crippen molar-refractivity contribution >= 4 is 5.97 Å². The van der Waals surface area contributed by atoms with E-state index in [9.17, 15) is 5.11 Å². The number of carboxylic acids is 1. The van der Waals surface area contributed by atoms with Gasteiger partial charge in [-0.2, -0.15) is 0 Å². The summed E-state index contributed by atoms with van der Waals surface area (Å²) in [6.45, 7) is 9.12. The molecule has 0 aromatic carbocycles. The van der Waals surface area contributed by atoms with E-state index in [1.807, 2.05) is 0 Å². The van der Waals surface area contributed by atoms with Crippen LogP contribution in [0, 0.1) is 12.3 Å². The molecule has 0 aliphatic rings. The van der Waals surface area contributed by atoms with E-state index in [1.54, 1.807) is 6.92 Å². The predicted molar refractivity (Wildman–Crippen MR) is 84.4 cm³/mol. The lowest BCUT2D eigenvalue weighted by Crippen LogP contribution is -2.20. The number of hydrogen-bond donors (Lipinski definition) is 2. The van der Waals surface area contributed by atoms with Crippen LogP contribution in [0.5, 0.6) is 0 Å². The van der Waals surface area contributed by atoms with Gasteiger partial charge in [-0.1, -0.05) is 29.2 Å². The maximum atomic E-state index is 9.61. The molecule has 0 aromatic rings. The third-order valence-corrected chi connectivity index (χ3v) is 2.53. The third-order valence-electron chi connectivity index (χ3n) is 2.53. The number of rotatable bonds is 6. The van der Waals surface area contributed by atoms with Gasteiger partial charge in [0.15, 0.2) is 0 Å². The SMILES string of the molecule is C#CC(C)(O)CCC=C(C)CCC=C(C)C.CC(=O)O. The Morgan fingerprint density at radius 1 is 1.20 bits per heavy atom. The van der Waals surface area contributed by atoms with Crippen molar-refractivity contribution in [3.63, 3.8) is 0 Å². The van der Waals surface area contributed by atoms with E-state index in [-0.39, 0.29) is 0 Å². The molecule has 0 spiro atoms. The molecule has 0 aliphatic carbocycles. The van der Waals surface area contributed by atoms with Gasteiger partial charge >= 0.3 is 0 Å². The second kappa shape index (κ2) is 11.3. The number of hydrogen-bond acceptors (Lipinski definition) is 2. The van der Waals surface area contributed by atoms with Crippen molar-refractivity contribution in [1.29, 1.82) is 0 Å². The highest BCUT2D eigenvalue weighted by Gasteiger charge is 2.14. The summed E-state index contributed by atoms with van der Waals surface area (Å²) in [6, 6.07) is 0. The molecule has 0 aliphatic heterocycles. The van der Waals surface area contributed by atoms with Gasteiger partial charge in [0.25, 0.3) is 5.97 Å². The van der Waals surface area contributed by atoms with Crippen molar-refractivity contribution in [3.8, 4) is 12.3 Å². The van der Waals surface area contributed by atoms with Crippen LogP contribution in [-0.4, -0.2) is 21.8 Å². The summed E-state index contributed by atoms with van der Waals surface area (Å²) in [6.07, 6.45) is 13.3. The number of carboxylic acid groups (broad SMARTS) is 1. The van der Waals surface area contributed by atoms with Crippen LogP contribution in [0.3, 0.4) is 0 Å². The predicted octanol–water partition coefficient (Wildman–Crippen LogP) is 3.93. The van der Waals surface area contributed by atoms with Gasteiger partial charge in [0, 0.05) is 6.92 Å². The summed E-state index contributed by atoms with van der Waals surface area (Å²) >= 11 is 0. The molecule has 0 amide bonds. The first-order valence-electron chi connectivity index (χ1n) is 6.79. The molecule has 1 unspecified atom stereocenters. The van der Waals surface area contributed by atoms with Crippen LogP contribution >= 0.6 is 0 Å². The summed E-state index contributed by atoms with van der Waals surface area (Å²) in [5.74, 6) is 1.56. The van der Waals surface area contributed by atoms with Crippen molar-refractivity contribution in [2.75, 3.05) is 0 Å². The Morgan fingerprint density at radius 3 is 2.10 bits per heavy atom. The van der Waals surface area contributed by atoms with Crippen molar-refractivity contribution < 1.29 is 15.0 Å². The molecule has 2 N–H and O–H groups in total. The van der Waals surface area contributed by atoms with E-state index in [0.29, 0.717) is 6.42 Å². The Bertz CT molecular complexity index is 374. The van der Waals surface area contributed by atoms with Crippen LogP contribution in [0.2, 0.25) is 0 Å². The molecule has 20 heavy (non-hydrogen) atoms. The molecule has 114 valence electrons. The van der Waals surface area contributed by atoms with Gasteiger partial charge in [-0.05, 0) is 53.4 Å². The first kappa shape index (κ1) is 20.8. The first-order chi connectivity index (χ1) is 9.10. The molecule has 1 atom stereocenters. The van der Waals surface area contributed by atoms with Gasteiger partial charge in [-0.15, -0.1) is 6.42 Å². The Morgan fingerprint density at radius 2 is 1.70 bits per heavy atom. The van der Waals surface area contributed by atoms with E-state index in [2.05, 4.69) is 38.8 Å². The minimum atomic E-state index is -0.962. The maximum Gasteiger partial charge on any atom is 0.300 e. The highest BCUT2D eigenvalue weighted by molar-refractivity contribution is 5.62. The lowest BCUT2D eigenvalue weighted by molar-refractivity contribution is -0.134. The van der Waals surface area contributed by atoms with Crippen molar-refractivity contribution in [1.82, 2.24) is 0 Å². The van der Waals surface area contributed by atoms with Crippen LogP contribution in [0.25, 0.3) is 0 Å². The zero-order chi connectivity index (χ0) is 16.2. The minimum Gasteiger partial charge on any atom is -0.481 e. The second-order valence-corrected chi connectivity index (χ2v) is 5.35. The van der Waals surface area contributed by atoms with Crippen LogP contribution in [0.1, 0.15) is 60.3 Å². The molecule has 0 fully saturated rings. The lowest BCUT2D eigenvalue weighted by Gasteiger charge is -2.14. The molecule has 3 heteroatoms. The van der Waals surface area contributed by atoms with Crippen LogP contribution in [0.15, 0.2) is 23.3 Å². The van der Waals surface area contributed by atoms with Gasteiger partial charge < -0.3 is 10.2 Å². The number of carbonyl (C=O) groups is 1. The zero-order valence-electron chi connectivity index (χ0n) is 13.4. The minimum absolute atomic E-state index is 0.628. The highest BCUT2D eigenvalue weighted by atomic mass is 16.4. The fourth-order valence-electron chi connectivity index (χ4n) is 1.36. The fraction of sp³-hybridized carbons (Fsp3) is 0.588. The number of terminal acetylenes is 1. The molecule has 3 nitrogen and oxygen atoms in total. The maximum absolute atomic E-state index is 9.61. The summed E-state index contributed by atoms with van der Waals surface area (Å²) in [4.78, 5) is 9.00. The lowest BCUT2D eigenvalue weighted by atomic mass is 10.00. The standard InChI is InChI=1S/C15H24O.C2H4O2/c1-6-15(5,16)12-8-11-14(4)10-7-9-13(2)3;1-2(3)4/h1,9,11,16H,7-8,10,12H2,2-5H3;1H3,(H,3,4). The highest BCUT2D eigenvalue weighted by Crippen LogP contribution is 2.14. The quantitative estimate of drug-likeness (QED) is 0.572. The fourth-order valence-corrected chi connectivity index (χ4v) is 1.36. The largest absolute Gasteiger partial charge is 0.481 e. The second-order valence-electron chi connectivity index (χ2n) is 5.35. The number of allylic oxidation sites excluding steroid dienone is 4. The van der Waals surface area contributed by atoms with Gasteiger partial charge in [-0.3, -0.25) is 4.79 Å². The Kier molecular flexibility index (Phi) is 11.8. The topological polar surface area (TPSA) is 57.5 Å². The normalized spacial score (nSPS) is 13.3. The Balaban J connectivity index is 0. The first-order valence-corrected chi connectivity index (χ1v) is 6.79. The number of aliphatic hydroxyl groups is 1. The molecule has 0 bridgehead atoms. The molecule has 0 heterocycles. The van der Waals surface area contributed by atoms with Crippen LogP contribution in [-0.2, 0) is 4.79 Å². The zero-order valence-corrected chi connectivity index (χ0v) is 13.4. The average molecular weight is 280 g/mol. The van der Waals surface area contributed by atoms with Gasteiger partial charge in [-0.25, -0.2) is 0 Å². The molecule has 0 saturated carbocycles. The Hall–Kier alpha value is -1.53. The molecule has 0 rings (SSSR count). The monoisotopic (exact) mass is 280 g/mol. The van der Waals surface area contributed by atoms with Crippen molar-refractivity contribution in [2.24, 2.45) is 0 Å². The van der Waals surface area contributed by atoms with E-state index in [4.69, 9.17) is 16.3 Å².